The monoisotopic (exact) mass is 341 g/mol. The molecule has 2 atom stereocenters. The molecule has 0 N–H and O–H groups in total. The number of furan rings is 1. The highest BCUT2D eigenvalue weighted by atomic mass is 16.5. The van der Waals surface area contributed by atoms with Crippen molar-refractivity contribution in [2.45, 2.75) is 31.8 Å². The van der Waals surface area contributed by atoms with Crippen LogP contribution >= 0.6 is 0 Å². The van der Waals surface area contributed by atoms with Crippen LogP contribution in [-0.2, 0) is 22.5 Å². The lowest BCUT2D eigenvalue weighted by Gasteiger charge is -2.26. The van der Waals surface area contributed by atoms with Crippen LogP contribution in [0, 0.1) is 5.92 Å². The number of likely N-dealkylation sites (tertiary alicyclic amines) is 1. The Morgan fingerprint density at radius 3 is 3.04 bits per heavy atom. The predicted molar refractivity (Wildman–Crippen MR) is 92.2 cm³/mol. The van der Waals surface area contributed by atoms with Gasteiger partial charge in [0.15, 0.2) is 0 Å². The largest absolute Gasteiger partial charge is 0.492 e. The van der Waals surface area contributed by atoms with Crippen molar-refractivity contribution < 1.29 is 18.7 Å². The third kappa shape index (κ3) is 3.71. The lowest BCUT2D eigenvalue weighted by atomic mass is 9.97. The maximum absolute atomic E-state index is 12.4. The molecule has 0 radical (unpaired) electrons. The number of nitrogens with zero attached hydrogens (tertiary/aromatic N) is 1. The fourth-order valence-electron chi connectivity index (χ4n) is 3.67. The van der Waals surface area contributed by atoms with E-state index in [1.165, 1.54) is 0 Å². The van der Waals surface area contributed by atoms with Gasteiger partial charge in [0.2, 0.25) is 0 Å². The molecule has 132 valence electrons. The van der Waals surface area contributed by atoms with Crippen LogP contribution in [0.4, 0.5) is 0 Å². The summed E-state index contributed by atoms with van der Waals surface area (Å²) in [4.78, 5) is 14.8. The van der Waals surface area contributed by atoms with Crippen molar-refractivity contribution in [3.63, 3.8) is 0 Å². The lowest BCUT2D eigenvalue weighted by molar-refractivity contribution is -0.151. The summed E-state index contributed by atoms with van der Waals surface area (Å²) in [7, 11) is 0. The van der Waals surface area contributed by atoms with E-state index in [-0.39, 0.29) is 17.9 Å². The van der Waals surface area contributed by atoms with E-state index in [0.717, 1.165) is 43.0 Å². The molecule has 0 amide bonds. The van der Waals surface area contributed by atoms with Crippen molar-refractivity contribution in [3.05, 3.63) is 54.0 Å². The number of rotatable bonds is 5. The number of carbonyl (C=O) groups is 1. The first-order chi connectivity index (χ1) is 12.3. The first-order valence-electron chi connectivity index (χ1n) is 8.93. The molecule has 0 saturated carbocycles. The Bertz CT molecular complexity index is 712. The van der Waals surface area contributed by atoms with E-state index in [9.17, 15) is 4.79 Å². The average molecular weight is 341 g/mol. The zero-order chi connectivity index (χ0) is 17.1. The van der Waals surface area contributed by atoms with Gasteiger partial charge in [-0.1, -0.05) is 18.2 Å². The molecule has 1 saturated heterocycles. The molecule has 4 rings (SSSR count). The Kier molecular flexibility index (Phi) is 4.74. The Hall–Kier alpha value is -2.27. The van der Waals surface area contributed by atoms with Crippen LogP contribution in [0.2, 0.25) is 0 Å². The van der Waals surface area contributed by atoms with Gasteiger partial charge < -0.3 is 13.9 Å². The molecule has 2 aromatic rings. The van der Waals surface area contributed by atoms with Gasteiger partial charge in [-0.25, -0.2) is 0 Å². The summed E-state index contributed by atoms with van der Waals surface area (Å²) in [5.41, 5.74) is 1.08. The second-order valence-electron chi connectivity index (χ2n) is 6.80. The first kappa shape index (κ1) is 16.2. The van der Waals surface area contributed by atoms with Crippen LogP contribution in [0.5, 0.6) is 5.75 Å². The number of hydrogen-bond acceptors (Lipinski definition) is 5. The highest BCUT2D eigenvalue weighted by Gasteiger charge is 2.30. The van der Waals surface area contributed by atoms with Gasteiger partial charge in [0, 0.05) is 6.04 Å². The lowest BCUT2D eigenvalue weighted by Crippen LogP contribution is -2.36. The smallest absolute Gasteiger partial charge is 0.312 e. The van der Waals surface area contributed by atoms with Gasteiger partial charge in [0.25, 0.3) is 0 Å². The number of esters is 1. The molecule has 0 bridgehead atoms. The third-order valence-corrected chi connectivity index (χ3v) is 5.07. The van der Waals surface area contributed by atoms with Gasteiger partial charge in [-0.2, -0.15) is 0 Å². The van der Waals surface area contributed by atoms with Gasteiger partial charge in [-0.05, 0) is 49.6 Å². The molecule has 0 aliphatic carbocycles. The van der Waals surface area contributed by atoms with Crippen molar-refractivity contribution in [1.82, 2.24) is 4.90 Å². The summed E-state index contributed by atoms with van der Waals surface area (Å²) in [6.07, 6.45) is 4.57. The number of hydrogen-bond donors (Lipinski definition) is 0. The molecule has 2 aliphatic rings. The maximum Gasteiger partial charge on any atom is 0.312 e. The molecule has 5 heteroatoms. The van der Waals surface area contributed by atoms with E-state index in [1.54, 1.807) is 6.26 Å². The van der Waals surface area contributed by atoms with Crippen LogP contribution in [-0.4, -0.2) is 36.7 Å². The number of benzene rings is 1. The molecular formula is C20H23NO4. The topological polar surface area (TPSA) is 51.9 Å². The first-order valence-corrected chi connectivity index (χ1v) is 8.93. The summed E-state index contributed by atoms with van der Waals surface area (Å²) in [5.74, 6) is 1.47. The molecule has 2 unspecified atom stereocenters. The normalized spacial score (nSPS) is 23.0. The number of carbonyl (C=O) groups excluding carboxylic acids is 1. The summed E-state index contributed by atoms with van der Waals surface area (Å²) < 4.78 is 16.8. The van der Waals surface area contributed by atoms with Crippen molar-refractivity contribution in [3.8, 4) is 5.75 Å². The van der Waals surface area contributed by atoms with Crippen LogP contribution < -0.4 is 4.74 Å². The number of ether oxygens (including phenoxy) is 2. The molecule has 1 aromatic heterocycles. The van der Waals surface area contributed by atoms with Gasteiger partial charge >= 0.3 is 5.97 Å². The van der Waals surface area contributed by atoms with Crippen LogP contribution in [0.1, 0.15) is 24.2 Å². The number of para-hydroxylation sites is 1. The van der Waals surface area contributed by atoms with E-state index in [1.807, 2.05) is 36.4 Å². The van der Waals surface area contributed by atoms with Gasteiger partial charge in [0.05, 0.1) is 18.7 Å². The van der Waals surface area contributed by atoms with Crippen molar-refractivity contribution in [1.29, 1.82) is 0 Å². The standard InChI is InChI=1S/C20H23NO4/c22-20(16-11-15-5-1-2-8-19(15)24-13-16)25-14-17-6-3-9-21(17)12-18-7-4-10-23-18/h1-2,4-5,7-8,10,16-17H,3,6,9,11-14H2. The molecule has 25 heavy (non-hydrogen) atoms. The minimum absolute atomic E-state index is 0.153. The Morgan fingerprint density at radius 2 is 2.16 bits per heavy atom. The highest BCUT2D eigenvalue weighted by molar-refractivity contribution is 5.73. The quantitative estimate of drug-likeness (QED) is 0.783. The molecule has 1 fully saturated rings. The molecule has 5 nitrogen and oxygen atoms in total. The summed E-state index contributed by atoms with van der Waals surface area (Å²) in [5, 5.41) is 0. The van der Waals surface area contributed by atoms with Crippen molar-refractivity contribution in [2.75, 3.05) is 19.8 Å². The summed E-state index contributed by atoms with van der Waals surface area (Å²) >= 11 is 0. The second-order valence-corrected chi connectivity index (χ2v) is 6.80. The van der Waals surface area contributed by atoms with E-state index < -0.39 is 0 Å². The fourth-order valence-corrected chi connectivity index (χ4v) is 3.67. The Labute approximate surface area is 147 Å². The zero-order valence-corrected chi connectivity index (χ0v) is 14.2. The minimum atomic E-state index is -0.213. The molecule has 2 aliphatic heterocycles. The van der Waals surface area contributed by atoms with Crippen molar-refractivity contribution in [2.24, 2.45) is 5.92 Å². The Morgan fingerprint density at radius 1 is 1.24 bits per heavy atom. The SMILES string of the molecule is O=C(OCC1CCCN1Cc1ccco1)C1COc2ccccc2C1. The third-order valence-electron chi connectivity index (χ3n) is 5.07. The fraction of sp³-hybridized carbons (Fsp3) is 0.450. The highest BCUT2D eigenvalue weighted by Crippen LogP contribution is 2.28. The number of fused-ring (bicyclic) bond motifs is 1. The van der Waals surface area contributed by atoms with E-state index in [4.69, 9.17) is 13.9 Å². The maximum atomic E-state index is 12.4. The van der Waals surface area contributed by atoms with Gasteiger partial charge in [-0.15, -0.1) is 0 Å². The summed E-state index contributed by atoms with van der Waals surface area (Å²) in [6, 6.07) is 12.0. The zero-order valence-electron chi connectivity index (χ0n) is 14.2. The van der Waals surface area contributed by atoms with Gasteiger partial charge in [-0.3, -0.25) is 9.69 Å². The van der Waals surface area contributed by atoms with E-state index in [2.05, 4.69) is 4.90 Å². The van der Waals surface area contributed by atoms with Gasteiger partial charge in [0.1, 0.15) is 24.7 Å². The van der Waals surface area contributed by atoms with Crippen LogP contribution in [0.25, 0.3) is 0 Å². The Balaban J connectivity index is 1.30. The molecular weight excluding hydrogens is 318 g/mol. The molecule has 0 spiro atoms. The van der Waals surface area contributed by atoms with Crippen LogP contribution in [0.3, 0.4) is 0 Å². The van der Waals surface area contributed by atoms with E-state index in [0.29, 0.717) is 19.6 Å². The molecule has 3 heterocycles. The summed E-state index contributed by atoms with van der Waals surface area (Å²) in [6.45, 7) is 2.63. The van der Waals surface area contributed by atoms with Crippen molar-refractivity contribution >= 4 is 5.97 Å². The predicted octanol–water partition coefficient (Wildman–Crippen LogP) is 3.04. The van der Waals surface area contributed by atoms with Crippen LogP contribution in [0.15, 0.2) is 47.1 Å². The van der Waals surface area contributed by atoms with E-state index >= 15 is 0 Å². The second kappa shape index (κ2) is 7.31. The minimum Gasteiger partial charge on any atom is -0.492 e. The average Bonchev–Trinajstić information content (AvgIpc) is 3.32. The molecule has 1 aromatic carbocycles.